The van der Waals surface area contributed by atoms with Crippen LogP contribution in [-0.2, 0) is 16.0 Å². The molecule has 5 heterocycles. The van der Waals surface area contributed by atoms with Crippen LogP contribution in [0.15, 0.2) is 65.7 Å². The van der Waals surface area contributed by atoms with Crippen molar-refractivity contribution < 1.29 is 24.2 Å². The molecule has 4 aromatic rings. The third-order valence-corrected chi connectivity index (χ3v) is 10.2. The Kier molecular flexibility index (Phi) is 8.75. The minimum atomic E-state index is -1.19. The molecule has 2 aromatic carbocycles. The van der Waals surface area contributed by atoms with Gasteiger partial charge < -0.3 is 19.5 Å². The maximum Gasteiger partial charge on any atom is 0.410 e. The van der Waals surface area contributed by atoms with E-state index >= 15 is 0 Å². The number of aromatic nitrogens is 3. The van der Waals surface area contributed by atoms with E-state index in [9.17, 15) is 19.5 Å². The first-order valence-electron chi connectivity index (χ1n) is 16.6. The monoisotopic (exact) mass is 707 g/mol. The van der Waals surface area contributed by atoms with Crippen LogP contribution < -0.4 is 5.56 Å². The quantitative estimate of drug-likeness (QED) is 0.270. The summed E-state index contributed by atoms with van der Waals surface area (Å²) < 4.78 is 15.1. The van der Waals surface area contributed by atoms with Crippen molar-refractivity contribution in [3.63, 3.8) is 0 Å². The van der Waals surface area contributed by atoms with E-state index in [0.29, 0.717) is 64.9 Å². The summed E-state index contributed by atoms with van der Waals surface area (Å²) in [6.45, 7) is 6.78. The third-order valence-electron chi connectivity index (χ3n) is 9.63. The number of benzene rings is 2. The van der Waals surface area contributed by atoms with Crippen molar-refractivity contribution >= 4 is 46.2 Å². The molecule has 0 spiro atoms. The lowest BCUT2D eigenvalue weighted by Gasteiger charge is -2.41. The number of carbonyl (C=O) groups is 2. The van der Waals surface area contributed by atoms with Gasteiger partial charge in [0.05, 0.1) is 42.3 Å². The Morgan fingerprint density at radius 3 is 2.41 bits per heavy atom. The number of aliphatic hydroxyl groups is 1. The van der Waals surface area contributed by atoms with Gasteiger partial charge in [0, 0.05) is 29.4 Å². The van der Waals surface area contributed by atoms with Gasteiger partial charge in [0.2, 0.25) is 0 Å². The fourth-order valence-corrected chi connectivity index (χ4v) is 7.59. The van der Waals surface area contributed by atoms with Gasteiger partial charge in [-0.25, -0.2) is 9.78 Å². The maximum absolute atomic E-state index is 13.7. The molecule has 49 heavy (non-hydrogen) atoms. The average Bonchev–Trinajstić information content (AvgIpc) is 3.61. The lowest BCUT2D eigenvalue weighted by molar-refractivity contribution is -0.0823. The second-order valence-corrected chi connectivity index (χ2v) is 15.1. The number of hydrogen-bond donors (Lipinski definition) is 1. The van der Waals surface area contributed by atoms with Gasteiger partial charge in [-0.3, -0.25) is 23.6 Å². The van der Waals surface area contributed by atoms with Crippen LogP contribution in [0.3, 0.4) is 0 Å². The van der Waals surface area contributed by atoms with Gasteiger partial charge in [0.1, 0.15) is 17.1 Å². The van der Waals surface area contributed by atoms with Gasteiger partial charge in [-0.2, -0.15) is 0 Å². The summed E-state index contributed by atoms with van der Waals surface area (Å²) in [5.74, 6) is -0.123. The van der Waals surface area contributed by atoms with Gasteiger partial charge >= 0.3 is 6.09 Å². The summed E-state index contributed by atoms with van der Waals surface area (Å²) >= 11 is 12.7. The molecule has 258 valence electrons. The Morgan fingerprint density at radius 1 is 1.04 bits per heavy atom. The van der Waals surface area contributed by atoms with Crippen molar-refractivity contribution in [1.82, 2.24) is 23.9 Å². The molecule has 2 aromatic heterocycles. The molecule has 3 aliphatic rings. The van der Waals surface area contributed by atoms with E-state index in [-0.39, 0.29) is 42.4 Å². The molecule has 2 amide bonds. The molecule has 3 aliphatic heterocycles. The largest absolute Gasteiger partial charge is 0.444 e. The SMILES string of the molecule is CC(C)(C)OC(=O)N1C[C@@H]2CC[C@@H](O2)[C@@H]1c1ccc(-n2c(Cl)cc3c(=O)n(CC4(O)CCN(C(=O)c5ccc(Cl)cc5)CC4)cnc32)cc1. The van der Waals surface area contributed by atoms with E-state index in [1.807, 2.05) is 45.0 Å². The number of rotatable bonds is 5. The molecule has 11 nitrogen and oxygen atoms in total. The number of fused-ring (bicyclic) bond motifs is 3. The smallest absolute Gasteiger partial charge is 0.410 e. The van der Waals surface area contributed by atoms with E-state index in [1.165, 1.54) is 10.9 Å². The zero-order chi connectivity index (χ0) is 34.7. The molecule has 0 saturated carbocycles. The molecule has 7 rings (SSSR count). The zero-order valence-electron chi connectivity index (χ0n) is 27.6. The van der Waals surface area contributed by atoms with Crippen LogP contribution in [-0.4, -0.2) is 84.1 Å². The van der Waals surface area contributed by atoms with E-state index in [2.05, 4.69) is 4.98 Å². The van der Waals surface area contributed by atoms with Crippen molar-refractivity contribution in [2.75, 3.05) is 19.6 Å². The number of carbonyl (C=O) groups excluding carboxylic acids is 2. The maximum atomic E-state index is 13.7. The molecule has 13 heteroatoms. The highest BCUT2D eigenvalue weighted by molar-refractivity contribution is 6.31. The number of likely N-dealkylation sites (tertiary alicyclic amines) is 2. The van der Waals surface area contributed by atoms with Crippen LogP contribution in [0.4, 0.5) is 4.79 Å². The van der Waals surface area contributed by atoms with Crippen molar-refractivity contribution in [3.05, 3.63) is 92.6 Å². The summed E-state index contributed by atoms with van der Waals surface area (Å²) in [6.07, 6.45) is 3.33. The predicted molar refractivity (Wildman–Crippen MR) is 185 cm³/mol. The summed E-state index contributed by atoms with van der Waals surface area (Å²) in [4.78, 5) is 47.9. The highest BCUT2D eigenvalue weighted by Gasteiger charge is 2.45. The molecule has 2 bridgehead atoms. The van der Waals surface area contributed by atoms with E-state index in [0.717, 1.165) is 18.4 Å². The van der Waals surface area contributed by atoms with Crippen LogP contribution in [0.25, 0.3) is 16.7 Å². The van der Waals surface area contributed by atoms with Crippen LogP contribution in [0, 0.1) is 0 Å². The summed E-state index contributed by atoms with van der Waals surface area (Å²) in [5.41, 5.74) is 0.423. The molecular weight excluding hydrogens is 669 g/mol. The fourth-order valence-electron chi connectivity index (χ4n) is 7.18. The Morgan fingerprint density at radius 2 is 1.73 bits per heavy atom. The standard InChI is InChI=1S/C36H39Cl2N5O6/c1-35(2,3)49-34(46)42-19-26-12-13-28(48-26)30(42)22-6-10-25(11-7-22)43-29(38)18-27-31(43)39-21-41(33(27)45)20-36(47)14-16-40(17-15-36)32(44)23-4-8-24(37)9-5-23/h4-11,18,21,26,28,30,47H,12-17,19-20H2,1-3H3/t26-,28+,30-/m0/s1. The molecule has 0 radical (unpaired) electrons. The van der Waals surface area contributed by atoms with E-state index < -0.39 is 11.2 Å². The lowest BCUT2D eigenvalue weighted by Crippen LogP contribution is -2.49. The second-order valence-electron chi connectivity index (χ2n) is 14.3. The first-order chi connectivity index (χ1) is 23.3. The van der Waals surface area contributed by atoms with Gasteiger partial charge in [0.25, 0.3) is 11.5 Å². The van der Waals surface area contributed by atoms with E-state index in [1.54, 1.807) is 44.7 Å². The van der Waals surface area contributed by atoms with Crippen LogP contribution in [0.1, 0.15) is 68.4 Å². The topological polar surface area (TPSA) is 119 Å². The highest BCUT2D eigenvalue weighted by atomic mass is 35.5. The lowest BCUT2D eigenvalue weighted by atomic mass is 9.91. The second kappa shape index (κ2) is 12.8. The van der Waals surface area contributed by atoms with Gasteiger partial charge in [-0.05, 0) is 94.5 Å². The molecule has 0 aliphatic carbocycles. The molecule has 3 atom stereocenters. The summed E-state index contributed by atoms with van der Waals surface area (Å²) in [7, 11) is 0. The molecule has 3 fully saturated rings. The Balaban J connectivity index is 1.09. The third kappa shape index (κ3) is 6.69. The number of morpholine rings is 1. The van der Waals surface area contributed by atoms with E-state index in [4.69, 9.17) is 32.7 Å². The van der Waals surface area contributed by atoms with Crippen LogP contribution in [0.5, 0.6) is 0 Å². The predicted octanol–water partition coefficient (Wildman–Crippen LogP) is 6.00. The zero-order valence-corrected chi connectivity index (χ0v) is 29.2. The summed E-state index contributed by atoms with van der Waals surface area (Å²) in [5, 5.41) is 12.6. The average molecular weight is 709 g/mol. The Hall–Kier alpha value is -3.90. The number of piperidine rings is 1. The Labute approximate surface area is 293 Å². The van der Waals surface area contributed by atoms with Gasteiger partial charge in [-0.1, -0.05) is 35.3 Å². The number of nitrogens with zero attached hydrogens (tertiary/aromatic N) is 5. The minimum Gasteiger partial charge on any atom is -0.444 e. The number of halogens is 2. The number of ether oxygens (including phenoxy) is 2. The van der Waals surface area contributed by atoms with Crippen molar-refractivity contribution in [2.45, 2.75) is 82.5 Å². The van der Waals surface area contributed by atoms with Crippen LogP contribution in [0.2, 0.25) is 10.2 Å². The normalized spacial score (nSPS) is 22.0. The number of amides is 2. The molecular formula is C36H39Cl2N5O6. The summed E-state index contributed by atoms with van der Waals surface area (Å²) in [6, 6.07) is 15.7. The molecule has 1 N–H and O–H groups in total. The van der Waals surface area contributed by atoms with Crippen molar-refractivity contribution in [2.24, 2.45) is 0 Å². The molecule has 3 saturated heterocycles. The van der Waals surface area contributed by atoms with Crippen molar-refractivity contribution in [1.29, 1.82) is 0 Å². The molecule has 0 unspecified atom stereocenters. The van der Waals surface area contributed by atoms with Crippen molar-refractivity contribution in [3.8, 4) is 5.69 Å². The fraction of sp³-hybridized carbons (Fsp3) is 0.444. The highest BCUT2D eigenvalue weighted by Crippen LogP contribution is 2.41. The number of hydrogen-bond acceptors (Lipinski definition) is 7. The minimum absolute atomic E-state index is 0.00559. The van der Waals surface area contributed by atoms with Gasteiger partial charge in [0.15, 0.2) is 5.65 Å². The van der Waals surface area contributed by atoms with Gasteiger partial charge in [-0.15, -0.1) is 0 Å². The first kappa shape index (κ1) is 33.6. The van der Waals surface area contributed by atoms with Crippen LogP contribution >= 0.6 is 23.2 Å². The Bertz CT molecular complexity index is 1940. The first-order valence-corrected chi connectivity index (χ1v) is 17.3.